The number of hydrogen-bond acceptors (Lipinski definition) is 2. The fourth-order valence-electron chi connectivity index (χ4n) is 1.59. The van der Waals surface area contributed by atoms with Gasteiger partial charge in [0.15, 0.2) is 0 Å². The Balaban J connectivity index is 2.23. The minimum atomic E-state index is -0.450. The van der Waals surface area contributed by atoms with E-state index in [1.54, 1.807) is 12.1 Å². The van der Waals surface area contributed by atoms with Gasteiger partial charge in [-0.25, -0.2) is 4.39 Å². The van der Waals surface area contributed by atoms with Gasteiger partial charge in [0.05, 0.1) is 10.0 Å². The third-order valence-corrected chi connectivity index (χ3v) is 4.18. The molecule has 1 unspecified atom stereocenters. The van der Waals surface area contributed by atoms with E-state index in [2.05, 4.69) is 0 Å². The molecule has 0 aliphatic heterocycles. The summed E-state index contributed by atoms with van der Waals surface area (Å²) in [5.74, 6) is -0.450. The molecule has 5 heteroatoms. The first kappa shape index (κ1) is 12.8. The maximum absolute atomic E-state index is 13.7. The van der Waals surface area contributed by atoms with Crippen molar-refractivity contribution in [1.82, 2.24) is 0 Å². The van der Waals surface area contributed by atoms with Crippen LogP contribution < -0.4 is 5.73 Å². The van der Waals surface area contributed by atoms with Crippen LogP contribution in [0.25, 0.3) is 0 Å². The number of halogens is 3. The minimum absolute atomic E-state index is 0.0928. The lowest BCUT2D eigenvalue weighted by Crippen LogP contribution is -2.14. The molecule has 1 aromatic carbocycles. The SMILES string of the molecule is NC(Cc1sccc1Cl)c1cccc(Cl)c1F. The zero-order valence-electron chi connectivity index (χ0n) is 8.79. The first-order valence-corrected chi connectivity index (χ1v) is 6.64. The van der Waals surface area contributed by atoms with Crippen molar-refractivity contribution < 1.29 is 4.39 Å². The van der Waals surface area contributed by atoms with Gasteiger partial charge in [-0.3, -0.25) is 0 Å². The third-order valence-electron chi connectivity index (χ3n) is 2.48. The summed E-state index contributed by atoms with van der Waals surface area (Å²) in [5.41, 5.74) is 6.39. The fraction of sp³-hybridized carbons (Fsp3) is 0.167. The molecule has 2 N–H and O–H groups in total. The molecule has 0 saturated carbocycles. The molecule has 1 heterocycles. The third kappa shape index (κ3) is 2.80. The fourth-order valence-corrected chi connectivity index (χ4v) is 2.94. The van der Waals surface area contributed by atoms with Crippen molar-refractivity contribution in [1.29, 1.82) is 0 Å². The summed E-state index contributed by atoms with van der Waals surface area (Å²) in [6, 6.07) is 6.21. The molecule has 0 aliphatic carbocycles. The molecule has 0 amide bonds. The Labute approximate surface area is 113 Å². The van der Waals surface area contributed by atoms with Crippen LogP contribution in [0.1, 0.15) is 16.5 Å². The summed E-state index contributed by atoms with van der Waals surface area (Å²) >= 11 is 13.2. The number of benzene rings is 1. The van der Waals surface area contributed by atoms with Gasteiger partial charge in [-0.05, 0) is 17.5 Å². The zero-order valence-corrected chi connectivity index (χ0v) is 11.1. The second-order valence-electron chi connectivity index (χ2n) is 3.65. The lowest BCUT2D eigenvalue weighted by atomic mass is 10.0. The molecule has 0 fully saturated rings. The Kier molecular flexibility index (Phi) is 4.05. The summed E-state index contributed by atoms with van der Waals surface area (Å²) < 4.78 is 13.7. The monoisotopic (exact) mass is 289 g/mol. The first-order valence-electron chi connectivity index (χ1n) is 5.01. The number of thiophene rings is 1. The normalized spacial score (nSPS) is 12.7. The van der Waals surface area contributed by atoms with Gasteiger partial charge in [-0.15, -0.1) is 11.3 Å². The molecular weight excluding hydrogens is 280 g/mol. The van der Waals surface area contributed by atoms with Crippen LogP contribution in [-0.2, 0) is 6.42 Å². The Bertz CT molecular complexity index is 527. The summed E-state index contributed by atoms with van der Waals surface area (Å²) in [6.07, 6.45) is 0.508. The van der Waals surface area contributed by atoms with E-state index in [-0.39, 0.29) is 5.02 Å². The highest BCUT2D eigenvalue weighted by molar-refractivity contribution is 7.10. The molecule has 0 radical (unpaired) electrons. The standard InChI is InChI=1S/C12H10Cl2FNS/c13-8-4-5-17-11(8)6-10(16)7-2-1-3-9(14)12(7)15/h1-5,10H,6,16H2. The molecule has 17 heavy (non-hydrogen) atoms. The average Bonchev–Trinajstić information content (AvgIpc) is 2.68. The molecule has 0 aliphatic rings. The van der Waals surface area contributed by atoms with Gasteiger partial charge < -0.3 is 5.73 Å². The highest BCUT2D eigenvalue weighted by atomic mass is 35.5. The van der Waals surface area contributed by atoms with Crippen LogP contribution in [-0.4, -0.2) is 0 Å². The lowest BCUT2D eigenvalue weighted by molar-refractivity contribution is 0.582. The van der Waals surface area contributed by atoms with Gasteiger partial charge in [-0.1, -0.05) is 35.3 Å². The van der Waals surface area contributed by atoms with Crippen LogP contribution in [0, 0.1) is 5.82 Å². The molecule has 1 aromatic heterocycles. The Morgan fingerprint density at radius 2 is 2.00 bits per heavy atom. The van der Waals surface area contributed by atoms with E-state index in [9.17, 15) is 4.39 Å². The van der Waals surface area contributed by atoms with Crippen LogP contribution in [0.4, 0.5) is 4.39 Å². The highest BCUT2D eigenvalue weighted by Crippen LogP contribution is 2.29. The Hall–Kier alpha value is -0.610. The van der Waals surface area contributed by atoms with Crippen LogP contribution >= 0.6 is 34.5 Å². The summed E-state index contributed by atoms with van der Waals surface area (Å²) in [4.78, 5) is 0.957. The summed E-state index contributed by atoms with van der Waals surface area (Å²) in [5, 5.41) is 2.65. The van der Waals surface area contributed by atoms with Gasteiger partial charge in [0.1, 0.15) is 5.82 Å². The number of hydrogen-bond donors (Lipinski definition) is 1. The molecule has 0 spiro atoms. The first-order chi connectivity index (χ1) is 8.09. The molecule has 0 bridgehead atoms. The van der Waals surface area contributed by atoms with Crippen molar-refractivity contribution in [2.75, 3.05) is 0 Å². The van der Waals surface area contributed by atoms with E-state index in [0.717, 1.165) is 4.88 Å². The number of rotatable bonds is 3. The predicted octanol–water partition coefficient (Wildman–Crippen LogP) is 4.44. The molecule has 0 saturated heterocycles. The topological polar surface area (TPSA) is 26.0 Å². The van der Waals surface area contributed by atoms with Crippen LogP contribution in [0.3, 0.4) is 0 Å². The largest absolute Gasteiger partial charge is 0.324 e. The maximum atomic E-state index is 13.7. The Morgan fingerprint density at radius 1 is 1.24 bits per heavy atom. The summed E-state index contributed by atoms with van der Waals surface area (Å²) in [6.45, 7) is 0. The van der Waals surface area contributed by atoms with Crippen molar-refractivity contribution >= 4 is 34.5 Å². The smallest absolute Gasteiger partial charge is 0.146 e. The lowest BCUT2D eigenvalue weighted by Gasteiger charge is -2.12. The van der Waals surface area contributed by atoms with Crippen molar-refractivity contribution in [3.63, 3.8) is 0 Å². The maximum Gasteiger partial charge on any atom is 0.146 e. The number of nitrogens with two attached hydrogens (primary N) is 1. The van der Waals surface area contributed by atoms with E-state index >= 15 is 0 Å². The second-order valence-corrected chi connectivity index (χ2v) is 5.46. The summed E-state index contributed by atoms with van der Waals surface area (Å²) in [7, 11) is 0. The molecule has 1 nitrogen and oxygen atoms in total. The van der Waals surface area contributed by atoms with Gasteiger partial charge in [-0.2, -0.15) is 0 Å². The van der Waals surface area contributed by atoms with Crippen LogP contribution in [0.2, 0.25) is 10.0 Å². The van der Waals surface area contributed by atoms with Crippen LogP contribution in [0.15, 0.2) is 29.6 Å². The van der Waals surface area contributed by atoms with Crippen molar-refractivity contribution in [2.24, 2.45) is 5.73 Å². The second kappa shape index (κ2) is 5.36. The van der Waals surface area contributed by atoms with Gasteiger partial charge in [0.2, 0.25) is 0 Å². The van der Waals surface area contributed by atoms with E-state index in [1.807, 2.05) is 11.4 Å². The quantitative estimate of drug-likeness (QED) is 0.888. The average molecular weight is 290 g/mol. The molecular formula is C12H10Cl2FNS. The van der Waals surface area contributed by atoms with Crippen molar-refractivity contribution in [3.05, 3.63) is 55.9 Å². The highest BCUT2D eigenvalue weighted by Gasteiger charge is 2.16. The van der Waals surface area contributed by atoms with Crippen molar-refractivity contribution in [2.45, 2.75) is 12.5 Å². The van der Waals surface area contributed by atoms with E-state index in [1.165, 1.54) is 17.4 Å². The molecule has 2 aromatic rings. The van der Waals surface area contributed by atoms with Gasteiger partial charge in [0, 0.05) is 22.9 Å². The predicted molar refractivity (Wildman–Crippen MR) is 71.4 cm³/mol. The Morgan fingerprint density at radius 3 is 2.65 bits per heavy atom. The zero-order chi connectivity index (χ0) is 12.4. The van der Waals surface area contributed by atoms with Crippen molar-refractivity contribution in [3.8, 4) is 0 Å². The van der Waals surface area contributed by atoms with E-state index in [4.69, 9.17) is 28.9 Å². The molecule has 1 atom stereocenters. The van der Waals surface area contributed by atoms with Crippen LogP contribution in [0.5, 0.6) is 0 Å². The van der Waals surface area contributed by atoms with E-state index in [0.29, 0.717) is 17.0 Å². The minimum Gasteiger partial charge on any atom is -0.324 e. The van der Waals surface area contributed by atoms with Gasteiger partial charge >= 0.3 is 0 Å². The van der Waals surface area contributed by atoms with E-state index < -0.39 is 11.9 Å². The molecule has 2 rings (SSSR count). The molecule has 90 valence electrons. The van der Waals surface area contributed by atoms with Gasteiger partial charge in [0.25, 0.3) is 0 Å².